The van der Waals surface area contributed by atoms with E-state index in [0.29, 0.717) is 55.8 Å². The third kappa shape index (κ3) is 4.40. The molecule has 2 aliphatic rings. The molecule has 2 fully saturated rings. The largest absolute Gasteiger partial charge is 0.495 e. The first-order valence-corrected chi connectivity index (χ1v) is 9.51. The summed E-state index contributed by atoms with van der Waals surface area (Å²) in [4.78, 5) is 37.6. The number of hydrogen-bond acceptors (Lipinski definition) is 4. The Hall–Kier alpha value is -2.57. The summed E-state index contributed by atoms with van der Waals surface area (Å²) in [7, 11) is 1.56. The molecule has 2 amide bonds. The summed E-state index contributed by atoms with van der Waals surface area (Å²) in [5.74, 6) is -0.727. The monoisotopic (exact) mass is 374 g/mol. The normalized spacial score (nSPS) is 23.0. The number of nitrogens with one attached hydrogen (secondary N) is 1. The minimum absolute atomic E-state index is 0.0648. The quantitative estimate of drug-likeness (QED) is 0.826. The smallest absolute Gasteiger partial charge is 0.306 e. The van der Waals surface area contributed by atoms with E-state index in [-0.39, 0.29) is 23.7 Å². The number of carboxylic acids is 1. The van der Waals surface area contributed by atoms with Gasteiger partial charge in [-0.05, 0) is 56.7 Å². The predicted octanol–water partition coefficient (Wildman–Crippen LogP) is 3.04. The Morgan fingerprint density at radius 3 is 2.48 bits per heavy atom. The minimum Gasteiger partial charge on any atom is -0.495 e. The molecule has 1 aromatic rings. The lowest BCUT2D eigenvalue weighted by atomic mass is 9.81. The van der Waals surface area contributed by atoms with Crippen LogP contribution in [0.3, 0.4) is 0 Å². The van der Waals surface area contributed by atoms with Crippen LogP contribution < -0.4 is 15.0 Å². The van der Waals surface area contributed by atoms with Crippen molar-refractivity contribution in [2.45, 2.75) is 44.9 Å². The Bertz CT molecular complexity index is 725. The van der Waals surface area contributed by atoms with E-state index < -0.39 is 5.97 Å². The van der Waals surface area contributed by atoms with Crippen LogP contribution in [0, 0.1) is 11.8 Å². The van der Waals surface area contributed by atoms with Gasteiger partial charge >= 0.3 is 5.97 Å². The van der Waals surface area contributed by atoms with Crippen LogP contribution >= 0.6 is 0 Å². The lowest BCUT2D eigenvalue weighted by Gasteiger charge is -2.29. The molecule has 1 aliphatic carbocycles. The zero-order valence-corrected chi connectivity index (χ0v) is 15.6. The summed E-state index contributed by atoms with van der Waals surface area (Å²) in [6.45, 7) is 0.645. The molecule has 1 saturated heterocycles. The summed E-state index contributed by atoms with van der Waals surface area (Å²) in [5.41, 5.74) is 1.30. The molecule has 1 aromatic carbocycles. The number of aliphatic carboxylic acids is 1. The van der Waals surface area contributed by atoms with Gasteiger partial charge in [-0.25, -0.2) is 0 Å². The van der Waals surface area contributed by atoms with Crippen molar-refractivity contribution >= 4 is 29.2 Å². The van der Waals surface area contributed by atoms with Gasteiger partial charge in [0, 0.05) is 24.6 Å². The molecule has 0 radical (unpaired) electrons. The van der Waals surface area contributed by atoms with E-state index in [4.69, 9.17) is 9.84 Å². The molecule has 0 aromatic heterocycles. The van der Waals surface area contributed by atoms with Crippen LogP contribution in [0.5, 0.6) is 5.75 Å². The number of nitrogens with zero attached hydrogens (tertiary/aromatic N) is 1. The minimum atomic E-state index is -0.778. The number of carboxylic acid groups (broad SMARTS) is 1. The number of methoxy groups -OCH3 is 1. The van der Waals surface area contributed by atoms with E-state index in [9.17, 15) is 14.4 Å². The van der Waals surface area contributed by atoms with Gasteiger partial charge in [0.15, 0.2) is 0 Å². The van der Waals surface area contributed by atoms with Gasteiger partial charge in [-0.3, -0.25) is 14.4 Å². The summed E-state index contributed by atoms with van der Waals surface area (Å²) in [5, 5.41) is 12.0. The zero-order chi connectivity index (χ0) is 19.4. The first kappa shape index (κ1) is 19.2. The zero-order valence-electron chi connectivity index (χ0n) is 15.6. The molecule has 1 aliphatic heterocycles. The molecule has 7 heteroatoms. The predicted molar refractivity (Wildman–Crippen MR) is 101 cm³/mol. The SMILES string of the molecule is COc1ccc(NC(=O)C2CCC(C(=O)O)CC2)cc1N1CCCCC1=O. The molecule has 0 atom stereocenters. The molecule has 0 unspecified atom stereocenters. The van der Waals surface area contributed by atoms with Gasteiger partial charge in [0.25, 0.3) is 0 Å². The number of hydrogen-bond donors (Lipinski definition) is 2. The van der Waals surface area contributed by atoms with Gasteiger partial charge < -0.3 is 20.1 Å². The van der Waals surface area contributed by atoms with Crippen LogP contribution in [0.25, 0.3) is 0 Å². The van der Waals surface area contributed by atoms with Gasteiger partial charge in [0.1, 0.15) is 5.75 Å². The highest BCUT2D eigenvalue weighted by Gasteiger charge is 2.30. The standard InChI is InChI=1S/C20H26N2O5/c1-27-17-10-9-15(12-16(17)22-11-3-2-4-18(22)23)21-19(24)13-5-7-14(8-6-13)20(25)26/h9-10,12-14H,2-8,11H2,1H3,(H,21,24)(H,25,26). The molecule has 1 heterocycles. The fraction of sp³-hybridized carbons (Fsp3) is 0.550. The third-order valence-electron chi connectivity index (χ3n) is 5.51. The Labute approximate surface area is 158 Å². The Balaban J connectivity index is 1.70. The summed E-state index contributed by atoms with van der Waals surface area (Å²) in [6, 6.07) is 5.30. The number of ether oxygens (including phenoxy) is 1. The van der Waals surface area contributed by atoms with Crippen molar-refractivity contribution in [3.05, 3.63) is 18.2 Å². The van der Waals surface area contributed by atoms with Crippen LogP contribution in [0.4, 0.5) is 11.4 Å². The number of rotatable bonds is 5. The van der Waals surface area contributed by atoms with E-state index in [1.165, 1.54) is 0 Å². The van der Waals surface area contributed by atoms with E-state index in [2.05, 4.69) is 5.32 Å². The first-order chi connectivity index (χ1) is 13.0. The molecule has 0 spiro atoms. The second-order valence-corrected chi connectivity index (χ2v) is 7.27. The van der Waals surface area contributed by atoms with E-state index >= 15 is 0 Å². The number of amides is 2. The van der Waals surface area contributed by atoms with E-state index in [1.54, 1.807) is 30.2 Å². The first-order valence-electron chi connectivity index (χ1n) is 9.51. The number of carbonyl (C=O) groups is 3. The highest BCUT2D eigenvalue weighted by molar-refractivity contribution is 5.98. The topological polar surface area (TPSA) is 95.9 Å². The number of piperidine rings is 1. The fourth-order valence-corrected chi connectivity index (χ4v) is 3.89. The molecule has 7 nitrogen and oxygen atoms in total. The molecular formula is C20H26N2O5. The van der Waals surface area contributed by atoms with Crippen LogP contribution in [0.1, 0.15) is 44.9 Å². The average Bonchev–Trinajstić information content (AvgIpc) is 2.68. The molecule has 146 valence electrons. The van der Waals surface area contributed by atoms with E-state index in [0.717, 1.165) is 12.8 Å². The average molecular weight is 374 g/mol. The second kappa shape index (κ2) is 8.41. The van der Waals surface area contributed by atoms with Crippen LogP contribution in [-0.4, -0.2) is 36.5 Å². The van der Waals surface area contributed by atoms with E-state index in [1.807, 2.05) is 0 Å². The van der Waals surface area contributed by atoms with Crippen LogP contribution in [0.15, 0.2) is 18.2 Å². The van der Waals surface area contributed by atoms with Crippen molar-refractivity contribution in [1.82, 2.24) is 0 Å². The van der Waals surface area contributed by atoms with Gasteiger partial charge in [0.05, 0.1) is 18.7 Å². The lowest BCUT2D eigenvalue weighted by molar-refractivity contribution is -0.143. The number of anilines is 2. The summed E-state index contributed by atoms with van der Waals surface area (Å²) >= 11 is 0. The molecule has 27 heavy (non-hydrogen) atoms. The van der Waals surface area contributed by atoms with Crippen molar-refractivity contribution < 1.29 is 24.2 Å². The number of benzene rings is 1. The molecular weight excluding hydrogens is 348 g/mol. The molecule has 0 bridgehead atoms. The number of carbonyl (C=O) groups excluding carboxylic acids is 2. The van der Waals surface area contributed by atoms with Crippen molar-refractivity contribution in [3.63, 3.8) is 0 Å². The maximum absolute atomic E-state index is 12.6. The van der Waals surface area contributed by atoms with Crippen LogP contribution in [0.2, 0.25) is 0 Å². The molecule has 3 rings (SSSR count). The fourth-order valence-electron chi connectivity index (χ4n) is 3.89. The lowest BCUT2D eigenvalue weighted by Crippen LogP contribution is -2.35. The van der Waals surface area contributed by atoms with Gasteiger partial charge in [-0.15, -0.1) is 0 Å². The Morgan fingerprint density at radius 1 is 1.15 bits per heavy atom. The Kier molecular flexibility index (Phi) is 5.98. The second-order valence-electron chi connectivity index (χ2n) is 7.27. The van der Waals surface area contributed by atoms with Gasteiger partial charge in [0.2, 0.25) is 11.8 Å². The highest BCUT2D eigenvalue weighted by Crippen LogP contribution is 2.35. The molecule has 1 saturated carbocycles. The maximum atomic E-state index is 12.6. The van der Waals surface area contributed by atoms with Crippen molar-refractivity contribution in [2.24, 2.45) is 11.8 Å². The Morgan fingerprint density at radius 2 is 1.85 bits per heavy atom. The third-order valence-corrected chi connectivity index (χ3v) is 5.51. The van der Waals surface area contributed by atoms with Crippen molar-refractivity contribution in [1.29, 1.82) is 0 Å². The van der Waals surface area contributed by atoms with Gasteiger partial charge in [-0.2, -0.15) is 0 Å². The van der Waals surface area contributed by atoms with Crippen molar-refractivity contribution in [3.8, 4) is 5.75 Å². The summed E-state index contributed by atoms with van der Waals surface area (Å²) in [6.07, 6.45) is 4.58. The maximum Gasteiger partial charge on any atom is 0.306 e. The van der Waals surface area contributed by atoms with Crippen molar-refractivity contribution in [2.75, 3.05) is 23.9 Å². The van der Waals surface area contributed by atoms with Gasteiger partial charge in [-0.1, -0.05) is 0 Å². The van der Waals surface area contributed by atoms with Crippen LogP contribution in [-0.2, 0) is 14.4 Å². The highest BCUT2D eigenvalue weighted by atomic mass is 16.5. The molecule has 2 N–H and O–H groups in total. The summed E-state index contributed by atoms with van der Waals surface area (Å²) < 4.78 is 5.40.